The number of nitrogens with two attached hydrogens (primary N) is 1. The number of piperidine rings is 1. The molecule has 27 heavy (non-hydrogen) atoms. The molecule has 152 valence electrons. The monoisotopic (exact) mass is 395 g/mol. The fourth-order valence-electron chi connectivity index (χ4n) is 3.48. The zero-order valence-electron chi connectivity index (χ0n) is 16.9. The van der Waals surface area contributed by atoms with Crippen molar-refractivity contribution in [2.75, 3.05) is 19.6 Å². The molecule has 0 saturated carbocycles. The first-order valence-corrected chi connectivity index (χ1v) is 11.2. The van der Waals surface area contributed by atoms with Crippen LogP contribution in [0.2, 0.25) is 0 Å². The predicted molar refractivity (Wildman–Crippen MR) is 108 cm³/mol. The number of carbonyl (C=O) groups excluding carboxylic acids is 1. The van der Waals surface area contributed by atoms with Gasteiger partial charge in [0, 0.05) is 31.6 Å². The van der Waals surface area contributed by atoms with Gasteiger partial charge in [0.15, 0.2) is 0 Å². The van der Waals surface area contributed by atoms with Gasteiger partial charge in [-0.3, -0.25) is 4.79 Å². The van der Waals surface area contributed by atoms with Crippen LogP contribution in [0.5, 0.6) is 0 Å². The van der Waals surface area contributed by atoms with E-state index in [4.69, 9.17) is 5.73 Å². The molecule has 6 nitrogen and oxygen atoms in total. The van der Waals surface area contributed by atoms with E-state index in [1.807, 2.05) is 19.9 Å². The van der Waals surface area contributed by atoms with Gasteiger partial charge in [0.05, 0.1) is 4.90 Å². The highest BCUT2D eigenvalue weighted by molar-refractivity contribution is 7.89. The highest BCUT2D eigenvalue weighted by atomic mass is 32.2. The Bertz CT molecular complexity index is 754. The smallest absolute Gasteiger partial charge is 0.243 e. The van der Waals surface area contributed by atoms with Crippen LogP contribution in [-0.4, -0.2) is 44.3 Å². The summed E-state index contributed by atoms with van der Waals surface area (Å²) < 4.78 is 27.3. The third kappa shape index (κ3) is 5.53. The molecule has 1 aromatic carbocycles. The molecular weight excluding hydrogens is 362 g/mol. The zero-order chi connectivity index (χ0) is 20.2. The molecule has 1 saturated heterocycles. The fourth-order valence-corrected chi connectivity index (χ4v) is 5.04. The summed E-state index contributed by atoms with van der Waals surface area (Å²) in [4.78, 5) is 12.9. The van der Waals surface area contributed by atoms with Gasteiger partial charge < -0.3 is 11.1 Å². The van der Waals surface area contributed by atoms with Crippen LogP contribution in [0.1, 0.15) is 44.2 Å². The van der Waals surface area contributed by atoms with Gasteiger partial charge in [0.1, 0.15) is 0 Å². The molecule has 1 aliphatic rings. The van der Waals surface area contributed by atoms with Crippen LogP contribution >= 0.6 is 0 Å². The first-order chi connectivity index (χ1) is 12.6. The molecule has 0 spiro atoms. The molecule has 1 aliphatic heterocycles. The van der Waals surface area contributed by atoms with Gasteiger partial charge in [-0.1, -0.05) is 19.9 Å². The van der Waals surface area contributed by atoms with Gasteiger partial charge >= 0.3 is 0 Å². The molecule has 0 bridgehead atoms. The fraction of sp³-hybridized carbons (Fsp3) is 0.650. The lowest BCUT2D eigenvalue weighted by molar-refractivity contribution is -0.126. The summed E-state index contributed by atoms with van der Waals surface area (Å²) in [6.45, 7) is 9.23. The number of sulfonamides is 1. The number of nitrogens with one attached hydrogen (secondary N) is 1. The van der Waals surface area contributed by atoms with E-state index in [0.717, 1.165) is 17.5 Å². The standard InChI is InChI=1S/C20H33N3O3S/c1-14(2)11-18(13-21)22-20(24)17-7-9-23(10-8-17)27(25,26)19-6-5-15(3)16(4)12-19/h5-6,12,14,17-18H,7-11,13,21H2,1-4H3,(H,22,24). The second-order valence-electron chi connectivity index (χ2n) is 8.00. The molecule has 1 unspecified atom stereocenters. The van der Waals surface area contributed by atoms with Gasteiger partial charge in [-0.05, 0) is 62.3 Å². The van der Waals surface area contributed by atoms with Crippen molar-refractivity contribution >= 4 is 15.9 Å². The van der Waals surface area contributed by atoms with Gasteiger partial charge in [-0.15, -0.1) is 0 Å². The Labute approximate surface area is 163 Å². The number of hydrogen-bond acceptors (Lipinski definition) is 4. The predicted octanol–water partition coefficient (Wildman–Crippen LogP) is 2.19. The number of rotatable bonds is 7. The van der Waals surface area contributed by atoms with E-state index in [-0.39, 0.29) is 17.9 Å². The quantitative estimate of drug-likeness (QED) is 0.740. The molecule has 0 aromatic heterocycles. The van der Waals surface area contributed by atoms with Gasteiger partial charge in [0.25, 0.3) is 0 Å². The van der Waals surface area contributed by atoms with Crippen LogP contribution in [0.25, 0.3) is 0 Å². The van der Waals surface area contributed by atoms with E-state index >= 15 is 0 Å². The average molecular weight is 396 g/mol. The number of nitrogens with zero attached hydrogens (tertiary/aromatic N) is 1. The molecule has 1 amide bonds. The molecule has 0 aliphatic carbocycles. The first-order valence-electron chi connectivity index (χ1n) is 9.73. The lowest BCUT2D eigenvalue weighted by Gasteiger charge is -2.31. The zero-order valence-corrected chi connectivity index (χ0v) is 17.7. The summed E-state index contributed by atoms with van der Waals surface area (Å²) in [6, 6.07) is 5.20. The lowest BCUT2D eigenvalue weighted by atomic mass is 9.96. The van der Waals surface area contributed by atoms with E-state index in [9.17, 15) is 13.2 Å². The van der Waals surface area contributed by atoms with Gasteiger partial charge in [0.2, 0.25) is 15.9 Å². The largest absolute Gasteiger partial charge is 0.352 e. The van der Waals surface area contributed by atoms with Crippen LogP contribution in [0, 0.1) is 25.7 Å². The van der Waals surface area contributed by atoms with Crippen molar-refractivity contribution in [2.45, 2.75) is 57.9 Å². The molecule has 0 radical (unpaired) electrons. The Balaban J connectivity index is 1.97. The molecule has 1 fully saturated rings. The molecule has 1 aromatic rings. The lowest BCUT2D eigenvalue weighted by Crippen LogP contribution is -2.47. The maximum Gasteiger partial charge on any atom is 0.243 e. The first kappa shape index (κ1) is 21.9. The van der Waals surface area contributed by atoms with Crippen LogP contribution in [-0.2, 0) is 14.8 Å². The average Bonchev–Trinajstić information content (AvgIpc) is 2.62. The summed E-state index contributed by atoms with van der Waals surface area (Å²) in [5.74, 6) is 0.301. The minimum absolute atomic E-state index is 0.00525. The maximum absolute atomic E-state index is 12.9. The van der Waals surface area contributed by atoms with Crippen LogP contribution in [0.3, 0.4) is 0 Å². The number of amides is 1. The Morgan fingerprint density at radius 3 is 2.37 bits per heavy atom. The molecule has 1 atom stereocenters. The van der Waals surface area contributed by atoms with Crippen molar-refractivity contribution in [1.29, 1.82) is 0 Å². The maximum atomic E-state index is 12.9. The van der Waals surface area contributed by atoms with Crippen molar-refractivity contribution in [3.05, 3.63) is 29.3 Å². The van der Waals surface area contributed by atoms with Gasteiger partial charge in [-0.25, -0.2) is 8.42 Å². The molecular formula is C20H33N3O3S. The van der Waals surface area contributed by atoms with Crippen LogP contribution < -0.4 is 11.1 Å². The Morgan fingerprint density at radius 1 is 1.22 bits per heavy atom. The third-order valence-corrected chi connectivity index (χ3v) is 7.22. The van der Waals surface area contributed by atoms with Crippen molar-refractivity contribution < 1.29 is 13.2 Å². The topological polar surface area (TPSA) is 92.5 Å². The number of hydrogen-bond donors (Lipinski definition) is 2. The third-order valence-electron chi connectivity index (χ3n) is 5.33. The van der Waals surface area contributed by atoms with E-state index in [1.165, 1.54) is 4.31 Å². The van der Waals surface area contributed by atoms with Crippen molar-refractivity contribution in [3.8, 4) is 0 Å². The highest BCUT2D eigenvalue weighted by Gasteiger charge is 2.32. The highest BCUT2D eigenvalue weighted by Crippen LogP contribution is 2.25. The minimum Gasteiger partial charge on any atom is -0.352 e. The number of benzene rings is 1. The summed E-state index contributed by atoms with van der Waals surface area (Å²) in [6.07, 6.45) is 1.92. The van der Waals surface area contributed by atoms with Gasteiger partial charge in [-0.2, -0.15) is 4.31 Å². The Morgan fingerprint density at radius 2 is 1.85 bits per heavy atom. The van der Waals surface area contributed by atoms with E-state index in [0.29, 0.717) is 43.3 Å². The second kappa shape index (κ2) is 9.17. The molecule has 3 N–H and O–H groups in total. The normalized spacial score (nSPS) is 17.9. The second-order valence-corrected chi connectivity index (χ2v) is 9.93. The van der Waals surface area contributed by atoms with Crippen molar-refractivity contribution in [3.63, 3.8) is 0 Å². The minimum atomic E-state index is -3.51. The number of carbonyl (C=O) groups is 1. The van der Waals surface area contributed by atoms with Crippen LogP contribution in [0.4, 0.5) is 0 Å². The summed E-state index contributed by atoms with van der Waals surface area (Å²) in [7, 11) is -3.51. The van der Waals surface area contributed by atoms with Crippen molar-refractivity contribution in [2.24, 2.45) is 17.6 Å². The van der Waals surface area contributed by atoms with Crippen LogP contribution in [0.15, 0.2) is 23.1 Å². The summed E-state index contributed by atoms with van der Waals surface area (Å²) >= 11 is 0. The van der Waals surface area contributed by atoms with E-state index in [1.54, 1.807) is 12.1 Å². The summed E-state index contributed by atoms with van der Waals surface area (Å²) in [5, 5.41) is 3.03. The Hall–Kier alpha value is -1.44. The Kier molecular flexibility index (Phi) is 7.42. The van der Waals surface area contributed by atoms with Crippen molar-refractivity contribution in [1.82, 2.24) is 9.62 Å². The van der Waals surface area contributed by atoms with E-state index in [2.05, 4.69) is 19.2 Å². The summed E-state index contributed by atoms with van der Waals surface area (Å²) in [5.41, 5.74) is 7.79. The molecule has 7 heteroatoms. The van der Waals surface area contributed by atoms with E-state index < -0.39 is 10.0 Å². The molecule has 1 heterocycles. The SMILES string of the molecule is Cc1ccc(S(=O)(=O)N2CCC(C(=O)NC(CN)CC(C)C)CC2)cc1C. The molecule has 2 rings (SSSR count). The number of aryl methyl sites for hydroxylation is 2.